The molecule has 0 spiro atoms. The highest BCUT2D eigenvalue weighted by Gasteiger charge is 2.32. The predicted molar refractivity (Wildman–Crippen MR) is 99.7 cm³/mol. The Morgan fingerprint density at radius 1 is 1.04 bits per heavy atom. The molecule has 0 aliphatic rings. The highest BCUT2D eigenvalue weighted by molar-refractivity contribution is 5.89. The topological polar surface area (TPSA) is 49.4 Å². The second-order valence-corrected chi connectivity index (χ2v) is 6.46. The molecular formula is C21H25FN2O2. The summed E-state index contributed by atoms with van der Waals surface area (Å²) in [6.07, 6.45) is 0. The maximum Gasteiger partial charge on any atom is 0.247 e. The van der Waals surface area contributed by atoms with Gasteiger partial charge in [-0.25, -0.2) is 4.39 Å². The minimum atomic E-state index is -0.740. The molecule has 0 saturated heterocycles. The number of hydrogen-bond donors (Lipinski definition) is 1. The summed E-state index contributed by atoms with van der Waals surface area (Å²) in [7, 11) is 0. The number of hydrogen-bond acceptors (Lipinski definition) is 2. The summed E-state index contributed by atoms with van der Waals surface area (Å²) in [5.41, 5.74) is 1.51. The van der Waals surface area contributed by atoms with Gasteiger partial charge in [-0.05, 0) is 30.2 Å². The lowest BCUT2D eigenvalue weighted by atomic mass is 10.0. The van der Waals surface area contributed by atoms with Crippen LogP contribution in [0.15, 0.2) is 54.6 Å². The molecule has 0 aliphatic carbocycles. The van der Waals surface area contributed by atoms with Crippen molar-refractivity contribution in [3.05, 3.63) is 71.5 Å². The summed E-state index contributed by atoms with van der Waals surface area (Å²) < 4.78 is 13.2. The first kappa shape index (κ1) is 19.6. The Kier molecular flexibility index (Phi) is 6.89. The van der Waals surface area contributed by atoms with Crippen molar-refractivity contribution in [3.8, 4) is 0 Å². The number of carbonyl (C=O) groups is 2. The van der Waals surface area contributed by atoms with E-state index in [1.807, 2.05) is 37.3 Å². The van der Waals surface area contributed by atoms with Crippen LogP contribution in [0.3, 0.4) is 0 Å². The quantitative estimate of drug-likeness (QED) is 0.823. The number of likely N-dealkylation sites (N-methyl/N-ethyl adjacent to an activating group) is 1. The molecule has 2 aromatic carbocycles. The third kappa shape index (κ3) is 4.91. The van der Waals surface area contributed by atoms with E-state index in [-0.39, 0.29) is 30.1 Å². The molecule has 0 heterocycles. The van der Waals surface area contributed by atoms with E-state index >= 15 is 0 Å². The fourth-order valence-electron chi connectivity index (χ4n) is 2.79. The number of rotatable bonds is 7. The standard InChI is InChI=1S/C21H25FN2O2/c1-4-23-20(25)19(17-8-6-5-7-9-17)24(21(26)15(2)3)14-16-10-12-18(22)13-11-16/h5-13,15,19H,4,14H2,1-3H3,(H,23,25)/t19-/m1/s1. The highest BCUT2D eigenvalue weighted by Crippen LogP contribution is 2.25. The van der Waals surface area contributed by atoms with Gasteiger partial charge in [0.25, 0.3) is 0 Å². The Hall–Kier alpha value is -2.69. The highest BCUT2D eigenvalue weighted by atomic mass is 19.1. The van der Waals surface area contributed by atoms with Gasteiger partial charge in [-0.3, -0.25) is 9.59 Å². The van der Waals surface area contributed by atoms with Gasteiger partial charge in [-0.15, -0.1) is 0 Å². The largest absolute Gasteiger partial charge is 0.354 e. The van der Waals surface area contributed by atoms with Crippen LogP contribution in [0.4, 0.5) is 4.39 Å². The molecule has 0 fully saturated rings. The Balaban J connectivity index is 2.44. The van der Waals surface area contributed by atoms with E-state index in [9.17, 15) is 14.0 Å². The second-order valence-electron chi connectivity index (χ2n) is 6.46. The number of nitrogens with zero attached hydrogens (tertiary/aromatic N) is 1. The van der Waals surface area contributed by atoms with Crippen LogP contribution in [0, 0.1) is 11.7 Å². The van der Waals surface area contributed by atoms with Gasteiger partial charge in [0.05, 0.1) is 0 Å². The summed E-state index contributed by atoms with van der Waals surface area (Å²) in [6.45, 7) is 6.16. The van der Waals surface area contributed by atoms with E-state index in [1.165, 1.54) is 12.1 Å². The minimum absolute atomic E-state index is 0.130. The van der Waals surface area contributed by atoms with Crippen molar-refractivity contribution in [1.82, 2.24) is 10.2 Å². The molecule has 138 valence electrons. The van der Waals surface area contributed by atoms with Crippen LogP contribution in [-0.4, -0.2) is 23.3 Å². The summed E-state index contributed by atoms with van der Waals surface area (Å²) in [6, 6.07) is 14.5. The van der Waals surface area contributed by atoms with Crippen LogP contribution < -0.4 is 5.32 Å². The number of carbonyl (C=O) groups excluding carboxylic acids is 2. The average molecular weight is 356 g/mol. The first-order valence-corrected chi connectivity index (χ1v) is 8.81. The molecule has 2 rings (SSSR count). The Morgan fingerprint density at radius 2 is 1.65 bits per heavy atom. The smallest absolute Gasteiger partial charge is 0.247 e. The molecule has 5 heteroatoms. The van der Waals surface area contributed by atoms with Crippen LogP contribution in [0.1, 0.15) is 37.9 Å². The number of benzene rings is 2. The first-order chi connectivity index (χ1) is 12.4. The normalized spacial score (nSPS) is 11.9. The molecule has 0 bridgehead atoms. The summed E-state index contributed by atoms with van der Waals surface area (Å²) in [4.78, 5) is 27.3. The summed E-state index contributed by atoms with van der Waals surface area (Å²) in [5.74, 6) is -0.959. The number of nitrogens with one attached hydrogen (secondary N) is 1. The maximum atomic E-state index is 13.2. The SMILES string of the molecule is CCNC(=O)[C@@H](c1ccccc1)N(Cc1ccc(F)cc1)C(=O)C(C)C. The molecule has 26 heavy (non-hydrogen) atoms. The maximum absolute atomic E-state index is 13.2. The van der Waals surface area contributed by atoms with E-state index in [0.29, 0.717) is 6.54 Å². The monoisotopic (exact) mass is 356 g/mol. The van der Waals surface area contributed by atoms with E-state index in [0.717, 1.165) is 11.1 Å². The summed E-state index contributed by atoms with van der Waals surface area (Å²) >= 11 is 0. The Morgan fingerprint density at radius 3 is 2.19 bits per heavy atom. The van der Waals surface area contributed by atoms with Crippen molar-refractivity contribution in [2.45, 2.75) is 33.4 Å². The lowest BCUT2D eigenvalue weighted by Crippen LogP contribution is -2.44. The van der Waals surface area contributed by atoms with Gasteiger partial charge in [0, 0.05) is 19.0 Å². The van der Waals surface area contributed by atoms with Crippen LogP contribution >= 0.6 is 0 Å². The zero-order valence-electron chi connectivity index (χ0n) is 15.4. The van der Waals surface area contributed by atoms with Gasteiger partial charge in [0.15, 0.2) is 0 Å². The van der Waals surface area contributed by atoms with Crippen molar-refractivity contribution < 1.29 is 14.0 Å². The minimum Gasteiger partial charge on any atom is -0.354 e. The molecular weight excluding hydrogens is 331 g/mol. The van der Waals surface area contributed by atoms with Crippen LogP contribution in [0.2, 0.25) is 0 Å². The van der Waals surface area contributed by atoms with E-state index in [2.05, 4.69) is 5.32 Å². The van der Waals surface area contributed by atoms with Crippen molar-refractivity contribution in [3.63, 3.8) is 0 Å². The van der Waals surface area contributed by atoms with Gasteiger partial charge in [0.1, 0.15) is 11.9 Å². The number of halogens is 1. The van der Waals surface area contributed by atoms with Crippen molar-refractivity contribution in [2.75, 3.05) is 6.54 Å². The average Bonchev–Trinajstić information content (AvgIpc) is 2.63. The van der Waals surface area contributed by atoms with E-state index < -0.39 is 6.04 Å². The lowest BCUT2D eigenvalue weighted by Gasteiger charge is -2.32. The second kappa shape index (κ2) is 9.13. The molecule has 2 aromatic rings. The number of amides is 2. The Labute approximate surface area is 154 Å². The van der Waals surface area contributed by atoms with E-state index in [1.54, 1.807) is 30.9 Å². The fourth-order valence-corrected chi connectivity index (χ4v) is 2.79. The van der Waals surface area contributed by atoms with Crippen molar-refractivity contribution >= 4 is 11.8 Å². The molecule has 2 amide bonds. The van der Waals surface area contributed by atoms with Gasteiger partial charge >= 0.3 is 0 Å². The van der Waals surface area contributed by atoms with E-state index in [4.69, 9.17) is 0 Å². The fraction of sp³-hybridized carbons (Fsp3) is 0.333. The van der Waals surface area contributed by atoms with Crippen LogP contribution in [0.25, 0.3) is 0 Å². The van der Waals surface area contributed by atoms with Crippen molar-refractivity contribution in [2.24, 2.45) is 5.92 Å². The van der Waals surface area contributed by atoms with Crippen LogP contribution in [-0.2, 0) is 16.1 Å². The van der Waals surface area contributed by atoms with Gasteiger partial charge in [-0.1, -0.05) is 56.3 Å². The molecule has 0 saturated carbocycles. The third-order valence-electron chi connectivity index (χ3n) is 4.07. The summed E-state index contributed by atoms with van der Waals surface area (Å²) in [5, 5.41) is 2.82. The van der Waals surface area contributed by atoms with Crippen molar-refractivity contribution in [1.29, 1.82) is 0 Å². The van der Waals surface area contributed by atoms with Crippen LogP contribution in [0.5, 0.6) is 0 Å². The zero-order chi connectivity index (χ0) is 19.1. The zero-order valence-corrected chi connectivity index (χ0v) is 15.4. The van der Waals surface area contributed by atoms with Gasteiger partial charge in [-0.2, -0.15) is 0 Å². The van der Waals surface area contributed by atoms with Gasteiger partial charge in [0.2, 0.25) is 11.8 Å². The lowest BCUT2D eigenvalue weighted by molar-refractivity contribution is -0.144. The first-order valence-electron chi connectivity index (χ1n) is 8.81. The molecule has 0 aliphatic heterocycles. The molecule has 0 radical (unpaired) electrons. The third-order valence-corrected chi connectivity index (χ3v) is 4.07. The molecule has 1 atom stereocenters. The molecule has 1 N–H and O–H groups in total. The molecule has 0 unspecified atom stereocenters. The molecule has 0 aromatic heterocycles. The predicted octanol–water partition coefficient (Wildman–Crippen LogP) is 3.69. The molecule has 4 nitrogen and oxygen atoms in total. The Bertz CT molecular complexity index is 729. The van der Waals surface area contributed by atoms with Gasteiger partial charge < -0.3 is 10.2 Å².